The van der Waals surface area contributed by atoms with Crippen LogP contribution in [0.3, 0.4) is 0 Å². The smallest absolute Gasteiger partial charge is 0.462 e. The molecule has 626 valence electrons. The maximum Gasteiger partial charge on any atom is 0.472 e. The third-order valence-corrected chi connectivity index (χ3v) is 19.1. The highest BCUT2D eigenvalue weighted by Gasteiger charge is 2.30. The van der Waals surface area contributed by atoms with E-state index in [1.807, 2.05) is 30.4 Å². The van der Waals surface area contributed by atoms with Gasteiger partial charge in [0.15, 0.2) is 12.2 Å². The van der Waals surface area contributed by atoms with Gasteiger partial charge in [0.05, 0.1) is 26.4 Å². The van der Waals surface area contributed by atoms with Crippen LogP contribution >= 0.6 is 15.6 Å². The van der Waals surface area contributed by atoms with E-state index in [1.54, 1.807) is 0 Å². The van der Waals surface area contributed by atoms with Gasteiger partial charge in [-0.05, 0) is 148 Å². The molecule has 0 amide bonds. The quantitative estimate of drug-likeness (QED) is 0.0169. The van der Waals surface area contributed by atoms with E-state index in [-0.39, 0.29) is 25.7 Å². The Kier molecular flexibility index (Phi) is 77.3. The van der Waals surface area contributed by atoms with Crippen molar-refractivity contribution >= 4 is 39.5 Å². The van der Waals surface area contributed by atoms with Crippen LogP contribution in [0.4, 0.5) is 0 Å². The average molecular weight is 1580 g/mol. The van der Waals surface area contributed by atoms with Gasteiger partial charge in [-0.3, -0.25) is 37.3 Å². The average Bonchev–Trinajstić information content (AvgIpc) is 0.900. The minimum absolute atomic E-state index is 0.00259. The largest absolute Gasteiger partial charge is 0.472 e. The molecular weight excluding hydrogens is 1430 g/mol. The highest BCUT2D eigenvalue weighted by Crippen LogP contribution is 2.45. The Morgan fingerprint density at radius 1 is 0.264 bits per heavy atom. The standard InChI is InChI=1S/C91H150O17P2/c1-5-9-13-17-21-25-29-33-37-40-42-45-48-52-56-60-64-68-72-76-89(94)102-82-87(107-90(95)77-73-69-65-61-57-53-49-44-39-35-31-27-23-19-15-11-7-3)84-106-110(99,100)104-80-85(92)79-103-109(97,98)105-83-86(81-101-88(93)75-71-67-63-59-55-51-47-36-32-28-24-20-16-12-8-4)108-91(96)78-74-70-66-62-58-54-50-46-43-41-38-34-30-26-22-18-14-10-6-2/h10,14,21-23,25-27,33-35,37-39,42-43,45-46,49,52-54,56,58,61,64-65,68,85-87,92H,5-9,11-13,15-20,24,28-32,36,40-41,44,47-48,50-51,55,57,59-60,62-63,66-67,69-84H2,1-4H3,(H,97,98)(H,99,100)/b14-10-,25-21-,26-22-,27-23-,37-33-,38-34-,39-35-,45-42-,46-43-,53-49-,56-52-,58-54-,65-61-,68-64-/t85-,86+,87+/m0/s1. The molecule has 0 aliphatic rings. The summed E-state index contributed by atoms with van der Waals surface area (Å²) in [6.07, 6.45) is 97.7. The summed E-state index contributed by atoms with van der Waals surface area (Å²) in [7, 11) is -10.0. The number of ether oxygens (including phenoxy) is 4. The lowest BCUT2D eigenvalue weighted by Crippen LogP contribution is -2.30. The van der Waals surface area contributed by atoms with Crippen molar-refractivity contribution in [3.8, 4) is 0 Å². The van der Waals surface area contributed by atoms with Crippen molar-refractivity contribution in [3.63, 3.8) is 0 Å². The maximum atomic E-state index is 13.1. The molecule has 110 heavy (non-hydrogen) atoms. The molecular formula is C91H150O17P2. The van der Waals surface area contributed by atoms with Gasteiger partial charge in [0.1, 0.15) is 19.3 Å². The fourth-order valence-electron chi connectivity index (χ4n) is 10.8. The van der Waals surface area contributed by atoms with Gasteiger partial charge in [-0.2, -0.15) is 0 Å². The summed E-state index contributed by atoms with van der Waals surface area (Å²) < 4.78 is 68.6. The van der Waals surface area contributed by atoms with Crippen molar-refractivity contribution in [3.05, 3.63) is 170 Å². The molecule has 17 nitrogen and oxygen atoms in total. The van der Waals surface area contributed by atoms with Crippen molar-refractivity contribution < 1.29 is 80.2 Å². The van der Waals surface area contributed by atoms with Gasteiger partial charge in [-0.15, -0.1) is 0 Å². The molecule has 3 N–H and O–H groups in total. The predicted octanol–water partition coefficient (Wildman–Crippen LogP) is 25.3. The molecule has 0 aliphatic heterocycles. The van der Waals surface area contributed by atoms with Crippen molar-refractivity contribution in [2.24, 2.45) is 0 Å². The van der Waals surface area contributed by atoms with Crippen molar-refractivity contribution in [2.75, 3.05) is 39.6 Å². The number of hydrogen-bond acceptors (Lipinski definition) is 15. The van der Waals surface area contributed by atoms with Crippen LogP contribution in [-0.4, -0.2) is 96.7 Å². The van der Waals surface area contributed by atoms with Crippen LogP contribution in [0.5, 0.6) is 0 Å². The molecule has 0 saturated carbocycles. The summed E-state index contributed by atoms with van der Waals surface area (Å²) in [6, 6.07) is 0. The van der Waals surface area contributed by atoms with E-state index in [0.717, 1.165) is 128 Å². The minimum atomic E-state index is -5.02. The number of carbonyl (C=O) groups excluding carboxylic acids is 4. The van der Waals surface area contributed by atoms with Gasteiger partial charge in [0.2, 0.25) is 0 Å². The van der Waals surface area contributed by atoms with Crippen molar-refractivity contribution in [1.82, 2.24) is 0 Å². The zero-order valence-corrected chi connectivity index (χ0v) is 70.4. The second-order valence-electron chi connectivity index (χ2n) is 27.7. The molecule has 19 heteroatoms. The van der Waals surface area contributed by atoms with E-state index in [4.69, 9.17) is 37.0 Å². The van der Waals surface area contributed by atoms with E-state index >= 15 is 0 Å². The number of unbranched alkanes of at least 4 members (excludes halogenated alkanes) is 24. The molecule has 0 fully saturated rings. The fraction of sp³-hybridized carbons (Fsp3) is 0.648. The monoisotopic (exact) mass is 1580 g/mol. The molecule has 0 aromatic heterocycles. The number of rotatable bonds is 78. The van der Waals surface area contributed by atoms with E-state index < -0.39 is 97.5 Å². The summed E-state index contributed by atoms with van der Waals surface area (Å²) in [5, 5.41) is 10.7. The van der Waals surface area contributed by atoms with Crippen molar-refractivity contribution in [2.45, 2.75) is 341 Å². The Bertz CT molecular complexity index is 2750. The number of allylic oxidation sites excluding steroid dienone is 28. The first-order valence-electron chi connectivity index (χ1n) is 42.4. The van der Waals surface area contributed by atoms with Crippen LogP contribution < -0.4 is 0 Å². The maximum absolute atomic E-state index is 13.1. The minimum Gasteiger partial charge on any atom is -0.462 e. The SMILES string of the molecule is CC/C=C\C/C=C\C/C=C\C/C=C\C/C=C\CCCCCC(=O)O[C@H](COC(=O)CCCCCCCCCCCCCCCCC)COP(=O)(O)OC[C@H](O)COP(=O)(O)OC[C@@H](COC(=O)CC/C=C\C/C=C\C/C=C\C/C=C\C/C=C\CCCCC)OC(=O)CCC/C=C\C/C=C\C/C=C\C/C=C\CCCCC. The van der Waals surface area contributed by atoms with Gasteiger partial charge < -0.3 is 33.8 Å². The first kappa shape index (κ1) is 104. The highest BCUT2D eigenvalue weighted by atomic mass is 31.2. The number of hydrogen-bond donors (Lipinski definition) is 3. The Labute approximate surface area is 667 Å². The van der Waals surface area contributed by atoms with E-state index in [9.17, 15) is 43.2 Å². The van der Waals surface area contributed by atoms with Gasteiger partial charge in [0, 0.05) is 25.7 Å². The number of aliphatic hydroxyl groups excluding tert-OH is 1. The second kappa shape index (κ2) is 81.4. The first-order chi connectivity index (χ1) is 53.7. The number of phosphoric acid groups is 2. The number of aliphatic hydroxyl groups is 1. The van der Waals surface area contributed by atoms with Gasteiger partial charge in [-0.1, -0.05) is 320 Å². The second-order valence-corrected chi connectivity index (χ2v) is 30.6. The molecule has 0 aromatic rings. The molecule has 0 heterocycles. The van der Waals surface area contributed by atoms with Crippen LogP contribution in [-0.2, 0) is 65.4 Å². The van der Waals surface area contributed by atoms with Crippen LogP contribution in [0.15, 0.2) is 170 Å². The first-order valence-corrected chi connectivity index (χ1v) is 45.4. The number of phosphoric ester groups is 2. The summed E-state index contributed by atoms with van der Waals surface area (Å²) in [5.74, 6) is -2.38. The van der Waals surface area contributed by atoms with Gasteiger partial charge >= 0.3 is 39.5 Å². The van der Waals surface area contributed by atoms with E-state index in [0.29, 0.717) is 38.5 Å². The lowest BCUT2D eigenvalue weighted by atomic mass is 10.0. The molecule has 0 aromatic carbocycles. The van der Waals surface area contributed by atoms with Crippen LogP contribution in [0.25, 0.3) is 0 Å². The molecule has 0 rings (SSSR count). The highest BCUT2D eigenvalue weighted by molar-refractivity contribution is 7.47. The van der Waals surface area contributed by atoms with Gasteiger partial charge in [0.25, 0.3) is 0 Å². The molecule has 0 aliphatic carbocycles. The van der Waals surface area contributed by atoms with Crippen LogP contribution in [0, 0.1) is 0 Å². The molecule has 0 radical (unpaired) electrons. The summed E-state index contributed by atoms with van der Waals surface area (Å²) in [6.45, 7) is 4.54. The molecule has 2 unspecified atom stereocenters. The fourth-order valence-corrected chi connectivity index (χ4v) is 12.3. The van der Waals surface area contributed by atoms with E-state index in [2.05, 4.69) is 167 Å². The molecule has 0 saturated heterocycles. The Morgan fingerprint density at radius 3 is 0.836 bits per heavy atom. The third kappa shape index (κ3) is 80.5. The Hall–Kier alpha value is -5.58. The Balaban J connectivity index is 5.53. The Morgan fingerprint density at radius 2 is 0.500 bits per heavy atom. The van der Waals surface area contributed by atoms with Crippen LogP contribution in [0.2, 0.25) is 0 Å². The molecule has 5 atom stereocenters. The van der Waals surface area contributed by atoms with Gasteiger partial charge in [-0.25, -0.2) is 9.13 Å². The summed E-state index contributed by atoms with van der Waals surface area (Å²) in [5.41, 5.74) is 0. The number of carbonyl (C=O) groups is 4. The summed E-state index contributed by atoms with van der Waals surface area (Å²) in [4.78, 5) is 73.2. The summed E-state index contributed by atoms with van der Waals surface area (Å²) >= 11 is 0. The number of esters is 4. The third-order valence-electron chi connectivity index (χ3n) is 17.2. The predicted molar refractivity (Wildman–Crippen MR) is 454 cm³/mol. The molecule has 0 spiro atoms. The zero-order chi connectivity index (χ0) is 80.3. The van der Waals surface area contributed by atoms with E-state index in [1.165, 1.54) is 103 Å². The normalized spacial score (nSPS) is 14.6. The zero-order valence-electron chi connectivity index (χ0n) is 68.6. The molecule has 0 bridgehead atoms. The lowest BCUT2D eigenvalue weighted by Gasteiger charge is -2.21. The van der Waals surface area contributed by atoms with Crippen LogP contribution in [0.1, 0.15) is 323 Å². The van der Waals surface area contributed by atoms with Crippen molar-refractivity contribution in [1.29, 1.82) is 0 Å². The topological polar surface area (TPSA) is 237 Å². The lowest BCUT2D eigenvalue weighted by molar-refractivity contribution is -0.161.